The molecule has 0 unspecified atom stereocenters. The molecular formula is C16H27N5OS. The van der Waals surface area contributed by atoms with E-state index in [0.717, 1.165) is 55.4 Å². The van der Waals surface area contributed by atoms with Crippen LogP contribution in [0.25, 0.3) is 0 Å². The van der Waals surface area contributed by atoms with Crippen LogP contribution < -0.4 is 16.0 Å². The molecule has 7 heteroatoms. The number of guanidine groups is 1. The van der Waals surface area contributed by atoms with Crippen molar-refractivity contribution in [3.8, 4) is 0 Å². The Kier molecular flexibility index (Phi) is 7.32. The maximum atomic E-state index is 11.6. The van der Waals surface area contributed by atoms with E-state index in [4.69, 9.17) is 0 Å². The van der Waals surface area contributed by atoms with E-state index in [1.54, 1.807) is 11.3 Å². The van der Waals surface area contributed by atoms with Crippen LogP contribution in [-0.2, 0) is 11.2 Å². The molecule has 0 saturated heterocycles. The molecule has 2 rings (SSSR count). The van der Waals surface area contributed by atoms with Crippen LogP contribution in [0.1, 0.15) is 43.3 Å². The number of carbonyl (C=O) groups is 1. The lowest BCUT2D eigenvalue weighted by molar-refractivity contribution is -0.121. The van der Waals surface area contributed by atoms with E-state index >= 15 is 0 Å². The molecule has 1 aromatic heterocycles. The predicted molar refractivity (Wildman–Crippen MR) is 94.9 cm³/mol. The molecule has 23 heavy (non-hydrogen) atoms. The summed E-state index contributed by atoms with van der Waals surface area (Å²) in [5.41, 5.74) is 1.12. The van der Waals surface area contributed by atoms with Gasteiger partial charge in [0, 0.05) is 43.9 Å². The second-order valence-corrected chi connectivity index (χ2v) is 6.80. The summed E-state index contributed by atoms with van der Waals surface area (Å²) in [5.74, 6) is 0.960. The molecule has 1 aromatic rings. The van der Waals surface area contributed by atoms with Gasteiger partial charge in [0.2, 0.25) is 5.91 Å². The highest BCUT2D eigenvalue weighted by Gasteiger charge is 2.22. The van der Waals surface area contributed by atoms with Gasteiger partial charge in [-0.25, -0.2) is 4.98 Å². The monoisotopic (exact) mass is 337 g/mol. The number of thiazole rings is 1. The lowest BCUT2D eigenvalue weighted by Crippen LogP contribution is -2.38. The minimum absolute atomic E-state index is 0.152. The van der Waals surface area contributed by atoms with E-state index in [2.05, 4.69) is 31.3 Å². The van der Waals surface area contributed by atoms with Crippen molar-refractivity contribution in [2.45, 2.75) is 52.0 Å². The number of hydrogen-bond acceptors (Lipinski definition) is 4. The van der Waals surface area contributed by atoms with Crippen molar-refractivity contribution in [3.63, 3.8) is 0 Å². The third-order valence-corrected chi connectivity index (χ3v) is 4.28. The summed E-state index contributed by atoms with van der Waals surface area (Å²) in [6.07, 6.45) is 4.49. The Morgan fingerprint density at radius 3 is 2.91 bits per heavy atom. The zero-order chi connectivity index (χ0) is 16.5. The summed E-state index contributed by atoms with van der Waals surface area (Å²) in [5, 5.41) is 12.7. The molecule has 0 radical (unpaired) electrons. The summed E-state index contributed by atoms with van der Waals surface area (Å²) in [6.45, 7) is 6.35. The number of amides is 1. The van der Waals surface area contributed by atoms with E-state index < -0.39 is 0 Å². The van der Waals surface area contributed by atoms with E-state index in [1.165, 1.54) is 0 Å². The van der Waals surface area contributed by atoms with Crippen molar-refractivity contribution in [2.24, 2.45) is 4.99 Å². The molecule has 1 saturated carbocycles. The van der Waals surface area contributed by atoms with Crippen LogP contribution >= 0.6 is 11.3 Å². The molecule has 1 aliphatic rings. The molecule has 1 amide bonds. The van der Waals surface area contributed by atoms with Crippen molar-refractivity contribution in [2.75, 3.05) is 19.6 Å². The number of aryl methyl sites for hydroxylation is 1. The maximum Gasteiger partial charge on any atom is 0.220 e. The van der Waals surface area contributed by atoms with Gasteiger partial charge in [-0.15, -0.1) is 11.3 Å². The van der Waals surface area contributed by atoms with E-state index in [0.29, 0.717) is 19.0 Å². The Morgan fingerprint density at radius 1 is 1.43 bits per heavy atom. The summed E-state index contributed by atoms with van der Waals surface area (Å²) in [6, 6.07) is 0.444. The van der Waals surface area contributed by atoms with Crippen molar-refractivity contribution < 1.29 is 4.79 Å². The number of nitrogens with one attached hydrogen (secondary N) is 3. The summed E-state index contributed by atoms with van der Waals surface area (Å²) >= 11 is 1.68. The normalized spacial score (nSPS) is 14.6. The van der Waals surface area contributed by atoms with Crippen molar-refractivity contribution >= 4 is 23.2 Å². The number of rotatable bonds is 9. The van der Waals surface area contributed by atoms with Crippen molar-refractivity contribution in [1.82, 2.24) is 20.9 Å². The van der Waals surface area contributed by atoms with Gasteiger partial charge in [0.1, 0.15) is 0 Å². The largest absolute Gasteiger partial charge is 0.357 e. The number of hydrogen-bond donors (Lipinski definition) is 3. The van der Waals surface area contributed by atoms with Gasteiger partial charge < -0.3 is 16.0 Å². The lowest BCUT2D eigenvalue weighted by atomic mass is 10.3. The first kappa shape index (κ1) is 17.7. The van der Waals surface area contributed by atoms with Gasteiger partial charge in [-0.3, -0.25) is 9.79 Å². The fourth-order valence-corrected chi connectivity index (χ4v) is 2.78. The van der Waals surface area contributed by atoms with Crippen LogP contribution in [0.5, 0.6) is 0 Å². The second-order valence-electron chi connectivity index (χ2n) is 5.74. The Labute approximate surface area is 142 Å². The Bertz CT molecular complexity index is 524. The molecule has 0 aliphatic heterocycles. The number of carbonyl (C=O) groups excluding carboxylic acids is 1. The number of nitrogens with zero attached hydrogens (tertiary/aromatic N) is 2. The Balaban J connectivity index is 1.63. The molecule has 1 heterocycles. The van der Waals surface area contributed by atoms with Crippen molar-refractivity contribution in [3.05, 3.63) is 16.1 Å². The molecule has 1 fully saturated rings. The SMILES string of the molecule is CCNC(=NCCCC(=O)NC1CC1)NCCc1csc(C)n1. The van der Waals surface area contributed by atoms with Crippen molar-refractivity contribution in [1.29, 1.82) is 0 Å². The summed E-state index contributed by atoms with van der Waals surface area (Å²) in [7, 11) is 0. The summed E-state index contributed by atoms with van der Waals surface area (Å²) < 4.78 is 0. The first-order chi connectivity index (χ1) is 11.2. The Hall–Kier alpha value is -1.63. The van der Waals surface area contributed by atoms with Gasteiger partial charge in [0.15, 0.2) is 5.96 Å². The second kappa shape index (κ2) is 9.50. The zero-order valence-electron chi connectivity index (χ0n) is 14.0. The highest BCUT2D eigenvalue weighted by atomic mass is 32.1. The molecule has 0 bridgehead atoms. The van der Waals surface area contributed by atoms with E-state index in [1.807, 2.05) is 13.8 Å². The highest BCUT2D eigenvalue weighted by Crippen LogP contribution is 2.18. The van der Waals surface area contributed by atoms with Gasteiger partial charge in [0.25, 0.3) is 0 Å². The van der Waals surface area contributed by atoms with Crippen LogP contribution in [0.3, 0.4) is 0 Å². The van der Waals surface area contributed by atoms with Crippen LogP contribution in [0.4, 0.5) is 0 Å². The minimum atomic E-state index is 0.152. The first-order valence-corrected chi connectivity index (χ1v) is 9.28. The minimum Gasteiger partial charge on any atom is -0.357 e. The molecule has 0 aromatic carbocycles. The van der Waals surface area contributed by atoms with Crippen LogP contribution in [0.15, 0.2) is 10.4 Å². The molecule has 6 nitrogen and oxygen atoms in total. The quantitative estimate of drug-likeness (QED) is 0.363. The predicted octanol–water partition coefficient (Wildman–Crippen LogP) is 1.61. The third-order valence-electron chi connectivity index (χ3n) is 3.46. The van der Waals surface area contributed by atoms with Gasteiger partial charge in [0.05, 0.1) is 10.7 Å². The fraction of sp³-hybridized carbons (Fsp3) is 0.688. The lowest BCUT2D eigenvalue weighted by Gasteiger charge is -2.10. The molecule has 0 spiro atoms. The van der Waals surface area contributed by atoms with E-state index in [9.17, 15) is 4.79 Å². The first-order valence-electron chi connectivity index (χ1n) is 8.40. The van der Waals surface area contributed by atoms with Crippen LogP contribution in [0.2, 0.25) is 0 Å². The number of aliphatic imine (C=N–C) groups is 1. The molecular weight excluding hydrogens is 310 g/mol. The zero-order valence-corrected chi connectivity index (χ0v) is 14.8. The Morgan fingerprint density at radius 2 is 2.26 bits per heavy atom. The van der Waals surface area contributed by atoms with Gasteiger partial charge >= 0.3 is 0 Å². The summed E-state index contributed by atoms with van der Waals surface area (Å²) in [4.78, 5) is 20.6. The average molecular weight is 337 g/mol. The van der Waals surface area contributed by atoms with Gasteiger partial charge in [-0.2, -0.15) is 0 Å². The van der Waals surface area contributed by atoms with Gasteiger partial charge in [-0.1, -0.05) is 0 Å². The standard InChI is InChI=1S/C16H27N5OS/c1-3-17-16(19-10-8-14-11-23-12(2)20-14)18-9-4-5-15(22)21-13-6-7-13/h11,13H,3-10H2,1-2H3,(H,21,22)(H2,17,18,19). The van der Waals surface area contributed by atoms with Crippen LogP contribution in [-0.4, -0.2) is 42.5 Å². The topological polar surface area (TPSA) is 78.4 Å². The van der Waals surface area contributed by atoms with Crippen LogP contribution in [0, 0.1) is 6.92 Å². The fourth-order valence-electron chi connectivity index (χ4n) is 2.13. The van der Waals surface area contributed by atoms with E-state index in [-0.39, 0.29) is 5.91 Å². The molecule has 3 N–H and O–H groups in total. The molecule has 0 atom stereocenters. The third kappa shape index (κ3) is 7.45. The average Bonchev–Trinajstić information content (AvgIpc) is 3.23. The maximum absolute atomic E-state index is 11.6. The molecule has 128 valence electrons. The van der Waals surface area contributed by atoms with Gasteiger partial charge in [-0.05, 0) is 33.1 Å². The highest BCUT2D eigenvalue weighted by molar-refractivity contribution is 7.09. The smallest absolute Gasteiger partial charge is 0.220 e. The molecule has 1 aliphatic carbocycles. The number of aromatic nitrogens is 1.